The van der Waals surface area contributed by atoms with Crippen molar-refractivity contribution in [1.29, 1.82) is 0 Å². The Hall–Kier alpha value is -0.500. The van der Waals surface area contributed by atoms with E-state index in [1.54, 1.807) is 0 Å². The molecule has 0 spiro atoms. The topological polar surface area (TPSA) is 63.4 Å². The fourth-order valence-corrected chi connectivity index (χ4v) is 5.01. The number of halogens is 2. The molecular formula is C13H18BrFN2O2S. The summed E-state index contributed by atoms with van der Waals surface area (Å²) in [5.74, 6) is -0.305. The van der Waals surface area contributed by atoms with Crippen LogP contribution in [0.5, 0.6) is 0 Å². The number of benzene rings is 1. The van der Waals surface area contributed by atoms with E-state index in [1.165, 1.54) is 16.4 Å². The third-order valence-electron chi connectivity index (χ3n) is 3.79. The first-order valence-electron chi connectivity index (χ1n) is 6.57. The fraction of sp³-hybridized carbons (Fsp3) is 0.538. The Kier molecular flexibility index (Phi) is 4.84. The van der Waals surface area contributed by atoms with E-state index in [-0.39, 0.29) is 21.3 Å². The van der Waals surface area contributed by atoms with Gasteiger partial charge in [0.25, 0.3) is 0 Å². The van der Waals surface area contributed by atoms with Crippen molar-refractivity contribution in [1.82, 2.24) is 4.31 Å². The van der Waals surface area contributed by atoms with Crippen LogP contribution in [-0.2, 0) is 10.0 Å². The third kappa shape index (κ3) is 3.05. The number of hydrogen-bond donors (Lipinski definition) is 1. The summed E-state index contributed by atoms with van der Waals surface area (Å²) in [6.45, 7) is 2.84. The molecule has 0 aliphatic carbocycles. The summed E-state index contributed by atoms with van der Waals surface area (Å²) in [5.41, 5.74) is 6.00. The first-order valence-corrected chi connectivity index (χ1v) is 8.80. The second kappa shape index (κ2) is 6.09. The largest absolute Gasteiger partial charge is 0.327 e. The predicted molar refractivity (Wildman–Crippen MR) is 79.2 cm³/mol. The number of nitrogens with two attached hydrogens (primary N) is 1. The molecule has 0 bridgehead atoms. The molecule has 0 aromatic heterocycles. The van der Waals surface area contributed by atoms with Gasteiger partial charge in [-0.3, -0.25) is 0 Å². The highest BCUT2D eigenvalue weighted by molar-refractivity contribution is 9.10. The van der Waals surface area contributed by atoms with Crippen molar-refractivity contribution in [3.63, 3.8) is 0 Å². The average molecular weight is 365 g/mol. The summed E-state index contributed by atoms with van der Waals surface area (Å²) in [7, 11) is -3.61. The van der Waals surface area contributed by atoms with Crippen molar-refractivity contribution in [3.8, 4) is 0 Å². The van der Waals surface area contributed by atoms with Gasteiger partial charge in [0.05, 0.1) is 4.90 Å². The van der Waals surface area contributed by atoms with E-state index in [2.05, 4.69) is 15.9 Å². The summed E-state index contributed by atoms with van der Waals surface area (Å²) in [6, 6.07) is 3.66. The average Bonchev–Trinajstić information content (AvgIpc) is 2.38. The molecular weight excluding hydrogens is 347 g/mol. The number of hydrogen-bond acceptors (Lipinski definition) is 3. The molecule has 112 valence electrons. The first-order chi connectivity index (χ1) is 9.36. The van der Waals surface area contributed by atoms with E-state index >= 15 is 0 Å². The number of piperidine rings is 1. The minimum Gasteiger partial charge on any atom is -0.327 e. The van der Waals surface area contributed by atoms with E-state index in [0.717, 1.165) is 12.5 Å². The Morgan fingerprint density at radius 2 is 2.20 bits per heavy atom. The molecule has 1 aromatic rings. The normalized spacial score (nSPS) is 24.8. The van der Waals surface area contributed by atoms with Gasteiger partial charge in [-0.2, -0.15) is 4.31 Å². The van der Waals surface area contributed by atoms with Gasteiger partial charge in [0, 0.05) is 23.6 Å². The van der Waals surface area contributed by atoms with E-state index < -0.39 is 15.8 Å². The molecule has 0 radical (unpaired) electrons. The van der Waals surface area contributed by atoms with Crippen LogP contribution >= 0.6 is 15.9 Å². The molecule has 1 aliphatic heterocycles. The van der Waals surface area contributed by atoms with E-state index in [9.17, 15) is 12.8 Å². The van der Waals surface area contributed by atoms with Gasteiger partial charge in [0.2, 0.25) is 10.0 Å². The summed E-state index contributed by atoms with van der Waals surface area (Å²) in [6.07, 6.45) is 1.49. The smallest absolute Gasteiger partial charge is 0.244 e. The van der Waals surface area contributed by atoms with Crippen molar-refractivity contribution in [2.75, 3.05) is 13.1 Å². The molecule has 1 aromatic carbocycles. The minimum atomic E-state index is -3.61. The highest BCUT2D eigenvalue weighted by Gasteiger charge is 2.34. The Morgan fingerprint density at radius 3 is 2.80 bits per heavy atom. The minimum absolute atomic E-state index is 0.0445. The maximum Gasteiger partial charge on any atom is 0.244 e. The molecule has 0 amide bonds. The SMILES string of the molecule is CCC1CN(S(=O)(=O)c2ccc(F)cc2Br)CCC1N. The maximum atomic E-state index is 13.1. The molecule has 4 nitrogen and oxygen atoms in total. The second-order valence-corrected chi connectivity index (χ2v) is 7.82. The highest BCUT2D eigenvalue weighted by atomic mass is 79.9. The zero-order valence-corrected chi connectivity index (χ0v) is 13.6. The Balaban J connectivity index is 2.31. The monoisotopic (exact) mass is 364 g/mol. The molecule has 2 N–H and O–H groups in total. The van der Waals surface area contributed by atoms with Crippen LogP contribution < -0.4 is 5.73 Å². The molecule has 1 fully saturated rings. The molecule has 1 heterocycles. The molecule has 20 heavy (non-hydrogen) atoms. The van der Waals surface area contributed by atoms with Gasteiger partial charge in [-0.1, -0.05) is 13.3 Å². The number of nitrogens with zero attached hydrogens (tertiary/aromatic N) is 1. The van der Waals surface area contributed by atoms with Crippen molar-refractivity contribution in [2.24, 2.45) is 11.7 Å². The Bertz CT molecular complexity index is 594. The lowest BCUT2D eigenvalue weighted by molar-refractivity contribution is 0.230. The van der Waals surface area contributed by atoms with Crippen LogP contribution in [0.25, 0.3) is 0 Å². The van der Waals surface area contributed by atoms with Gasteiger partial charge in [0.1, 0.15) is 5.82 Å². The molecule has 0 saturated carbocycles. The maximum absolute atomic E-state index is 13.1. The summed E-state index contributed by atoms with van der Waals surface area (Å²) >= 11 is 3.12. The summed E-state index contributed by atoms with van der Waals surface area (Å²) in [5, 5.41) is 0. The summed E-state index contributed by atoms with van der Waals surface area (Å²) in [4.78, 5) is 0.101. The summed E-state index contributed by atoms with van der Waals surface area (Å²) < 4.78 is 40.0. The van der Waals surface area contributed by atoms with Crippen LogP contribution in [0.3, 0.4) is 0 Å². The quantitative estimate of drug-likeness (QED) is 0.894. The van der Waals surface area contributed by atoms with Crippen LogP contribution in [0.15, 0.2) is 27.6 Å². The predicted octanol–water partition coefficient (Wildman–Crippen LogP) is 2.34. The van der Waals surface area contributed by atoms with Gasteiger partial charge in [-0.05, 0) is 46.5 Å². The number of rotatable bonds is 3. The Morgan fingerprint density at radius 1 is 1.50 bits per heavy atom. The van der Waals surface area contributed by atoms with Crippen LogP contribution in [0.2, 0.25) is 0 Å². The van der Waals surface area contributed by atoms with Crippen LogP contribution in [-0.4, -0.2) is 31.9 Å². The lowest BCUT2D eigenvalue weighted by Gasteiger charge is -2.35. The van der Waals surface area contributed by atoms with Crippen molar-refractivity contribution >= 4 is 26.0 Å². The molecule has 1 aliphatic rings. The van der Waals surface area contributed by atoms with Crippen LogP contribution in [0.1, 0.15) is 19.8 Å². The molecule has 2 unspecified atom stereocenters. The van der Waals surface area contributed by atoms with Gasteiger partial charge in [-0.25, -0.2) is 12.8 Å². The van der Waals surface area contributed by atoms with Gasteiger partial charge < -0.3 is 5.73 Å². The van der Waals surface area contributed by atoms with Crippen molar-refractivity contribution < 1.29 is 12.8 Å². The van der Waals surface area contributed by atoms with Crippen molar-refractivity contribution in [3.05, 3.63) is 28.5 Å². The standard InChI is InChI=1S/C13H18BrFN2O2S/c1-2-9-8-17(6-5-12(9)16)20(18,19)13-4-3-10(15)7-11(13)14/h3-4,7,9,12H,2,5-6,8,16H2,1H3. The molecule has 2 rings (SSSR count). The molecule has 7 heteroatoms. The zero-order chi connectivity index (χ0) is 14.9. The van der Waals surface area contributed by atoms with Gasteiger partial charge >= 0.3 is 0 Å². The van der Waals surface area contributed by atoms with Crippen LogP contribution in [0, 0.1) is 11.7 Å². The van der Waals surface area contributed by atoms with Gasteiger partial charge in [-0.15, -0.1) is 0 Å². The van der Waals surface area contributed by atoms with E-state index in [1.807, 2.05) is 6.92 Å². The third-order valence-corrected chi connectivity index (χ3v) is 6.63. The van der Waals surface area contributed by atoms with Gasteiger partial charge in [0.15, 0.2) is 0 Å². The molecule has 1 saturated heterocycles. The van der Waals surface area contributed by atoms with Crippen LogP contribution in [0.4, 0.5) is 4.39 Å². The van der Waals surface area contributed by atoms with E-state index in [4.69, 9.17) is 5.73 Å². The molecule has 2 atom stereocenters. The first kappa shape index (κ1) is 15.9. The van der Waals surface area contributed by atoms with Crippen molar-refractivity contribution in [2.45, 2.75) is 30.7 Å². The highest BCUT2D eigenvalue weighted by Crippen LogP contribution is 2.29. The number of sulfonamides is 1. The lowest BCUT2D eigenvalue weighted by Crippen LogP contribution is -2.48. The fourth-order valence-electron chi connectivity index (χ4n) is 2.49. The zero-order valence-electron chi connectivity index (χ0n) is 11.2. The van der Waals surface area contributed by atoms with E-state index in [0.29, 0.717) is 19.5 Å². The Labute approximate surface area is 127 Å². The lowest BCUT2D eigenvalue weighted by atomic mass is 9.92. The second-order valence-electron chi connectivity index (χ2n) is 5.06.